The van der Waals surface area contributed by atoms with Gasteiger partial charge in [-0.3, -0.25) is 5.10 Å². The molecule has 0 radical (unpaired) electrons. The highest BCUT2D eigenvalue weighted by atomic mass is 15.2. The van der Waals surface area contributed by atoms with Crippen LogP contribution < -0.4 is 5.32 Å². The highest BCUT2D eigenvalue weighted by Crippen LogP contribution is 2.08. The van der Waals surface area contributed by atoms with Gasteiger partial charge in [-0.2, -0.15) is 5.10 Å². The van der Waals surface area contributed by atoms with Gasteiger partial charge in [-0.25, -0.2) is 4.98 Å². The van der Waals surface area contributed by atoms with E-state index in [2.05, 4.69) is 27.4 Å². The lowest BCUT2D eigenvalue weighted by Crippen LogP contribution is -2.43. The van der Waals surface area contributed by atoms with Gasteiger partial charge in [0.05, 0.1) is 0 Å². The zero-order chi connectivity index (χ0) is 8.39. The number of aromatic amines is 1. The molecule has 0 unspecified atom stereocenters. The van der Waals surface area contributed by atoms with Gasteiger partial charge in [0.2, 0.25) is 0 Å². The van der Waals surface area contributed by atoms with Crippen LogP contribution in [0.15, 0.2) is 0 Å². The lowest BCUT2D eigenvalue weighted by Gasteiger charge is -2.25. The molecule has 1 aromatic rings. The largest absolute Gasteiger partial charge is 0.316 e. The molecule has 0 saturated carbocycles. The van der Waals surface area contributed by atoms with Gasteiger partial charge in [0.15, 0.2) is 0 Å². The number of H-pyrrole nitrogens is 1. The maximum absolute atomic E-state index is 4.36. The zero-order valence-corrected chi connectivity index (χ0v) is 7.30. The molecule has 0 spiro atoms. The molecular formula is C8H14N4. The van der Waals surface area contributed by atoms with Gasteiger partial charge in [0.25, 0.3) is 0 Å². The Morgan fingerprint density at radius 3 is 2.83 bits per heavy atom. The number of nitrogens with one attached hydrogen (secondary N) is 2. The molecule has 0 bridgehead atoms. The second-order valence-corrected chi connectivity index (χ2v) is 3.28. The summed E-state index contributed by atoms with van der Waals surface area (Å²) in [6, 6.07) is 0. The van der Waals surface area contributed by atoms with Gasteiger partial charge in [0.1, 0.15) is 11.6 Å². The van der Waals surface area contributed by atoms with Crippen molar-refractivity contribution in [2.75, 3.05) is 13.1 Å². The maximum atomic E-state index is 4.36. The highest BCUT2D eigenvalue weighted by Gasteiger charge is 2.18. The van der Waals surface area contributed by atoms with Crippen LogP contribution in [0.5, 0.6) is 0 Å². The summed E-state index contributed by atoms with van der Waals surface area (Å²) in [6.07, 6.45) is 1.96. The van der Waals surface area contributed by atoms with Crippen LogP contribution in [0.1, 0.15) is 18.6 Å². The Morgan fingerprint density at radius 2 is 2.33 bits per heavy atom. The van der Waals surface area contributed by atoms with Crippen molar-refractivity contribution in [1.82, 2.24) is 20.5 Å². The van der Waals surface area contributed by atoms with Crippen LogP contribution in [0.2, 0.25) is 0 Å². The fourth-order valence-corrected chi connectivity index (χ4v) is 1.35. The van der Waals surface area contributed by atoms with Gasteiger partial charge in [-0.05, 0) is 19.0 Å². The van der Waals surface area contributed by atoms with Crippen LogP contribution >= 0.6 is 0 Å². The zero-order valence-electron chi connectivity index (χ0n) is 7.30. The van der Waals surface area contributed by atoms with Crippen molar-refractivity contribution in [2.24, 2.45) is 5.92 Å². The predicted molar refractivity (Wildman–Crippen MR) is 45.8 cm³/mol. The first-order valence-electron chi connectivity index (χ1n) is 4.49. The van der Waals surface area contributed by atoms with E-state index in [0.29, 0.717) is 0 Å². The number of aromatic nitrogens is 3. The summed E-state index contributed by atoms with van der Waals surface area (Å²) in [5.74, 6) is 2.73. The number of hydrogen-bond donors (Lipinski definition) is 2. The van der Waals surface area contributed by atoms with Crippen LogP contribution in [-0.4, -0.2) is 28.3 Å². The summed E-state index contributed by atoms with van der Waals surface area (Å²) in [4.78, 5) is 4.36. The molecule has 2 N–H and O–H groups in total. The van der Waals surface area contributed by atoms with E-state index in [1.54, 1.807) is 0 Å². The van der Waals surface area contributed by atoms with Crippen LogP contribution in [0.4, 0.5) is 0 Å². The monoisotopic (exact) mass is 166 g/mol. The first-order valence-corrected chi connectivity index (χ1v) is 4.49. The van der Waals surface area contributed by atoms with E-state index in [4.69, 9.17) is 0 Å². The first kappa shape index (κ1) is 7.73. The number of hydrogen-bond acceptors (Lipinski definition) is 3. The van der Waals surface area contributed by atoms with Gasteiger partial charge >= 0.3 is 0 Å². The van der Waals surface area contributed by atoms with E-state index in [-0.39, 0.29) is 0 Å². The third-order valence-electron chi connectivity index (χ3n) is 2.24. The Balaban J connectivity index is 1.93. The third-order valence-corrected chi connectivity index (χ3v) is 2.24. The van der Waals surface area contributed by atoms with E-state index in [9.17, 15) is 0 Å². The average molecular weight is 166 g/mol. The molecule has 1 saturated heterocycles. The molecule has 66 valence electrons. The Hall–Kier alpha value is -0.900. The standard InChI is InChI=1S/C8H14N4/c1-2-7-10-8(12-11-7)3-6-4-9-5-6/h6,9H,2-5H2,1H3,(H,10,11,12). The second kappa shape index (κ2) is 3.23. The van der Waals surface area contributed by atoms with Gasteiger partial charge in [-0.1, -0.05) is 6.92 Å². The van der Waals surface area contributed by atoms with Gasteiger partial charge in [0, 0.05) is 12.8 Å². The van der Waals surface area contributed by atoms with Crippen molar-refractivity contribution < 1.29 is 0 Å². The molecule has 0 aliphatic carbocycles. The highest BCUT2D eigenvalue weighted by molar-refractivity contribution is 4.93. The van der Waals surface area contributed by atoms with Crippen molar-refractivity contribution in [2.45, 2.75) is 19.8 Å². The molecule has 0 aromatic carbocycles. The topological polar surface area (TPSA) is 53.6 Å². The summed E-state index contributed by atoms with van der Waals surface area (Å²) in [5.41, 5.74) is 0. The minimum Gasteiger partial charge on any atom is -0.316 e. The van der Waals surface area contributed by atoms with Crippen molar-refractivity contribution >= 4 is 0 Å². The molecule has 12 heavy (non-hydrogen) atoms. The van der Waals surface area contributed by atoms with Crippen LogP contribution in [0, 0.1) is 5.92 Å². The molecule has 0 amide bonds. The molecule has 2 rings (SSSR count). The molecule has 4 heteroatoms. The Bertz CT molecular complexity index is 251. The summed E-state index contributed by atoms with van der Waals surface area (Å²) >= 11 is 0. The van der Waals surface area contributed by atoms with Crippen molar-refractivity contribution in [1.29, 1.82) is 0 Å². The molecular weight excluding hydrogens is 152 g/mol. The van der Waals surface area contributed by atoms with Crippen LogP contribution in [-0.2, 0) is 12.8 Å². The fourth-order valence-electron chi connectivity index (χ4n) is 1.35. The molecule has 1 fully saturated rings. The summed E-state index contributed by atoms with van der Waals surface area (Å²) in [7, 11) is 0. The molecule has 2 heterocycles. The summed E-state index contributed by atoms with van der Waals surface area (Å²) in [6.45, 7) is 4.32. The van der Waals surface area contributed by atoms with Crippen molar-refractivity contribution in [3.8, 4) is 0 Å². The first-order chi connectivity index (χ1) is 5.88. The van der Waals surface area contributed by atoms with Crippen molar-refractivity contribution in [3.63, 3.8) is 0 Å². The van der Waals surface area contributed by atoms with E-state index in [1.165, 1.54) is 0 Å². The Labute approximate surface area is 71.8 Å². The Morgan fingerprint density at radius 1 is 1.50 bits per heavy atom. The predicted octanol–water partition coefficient (Wildman–Crippen LogP) is 0.129. The minimum atomic E-state index is 0.766. The van der Waals surface area contributed by atoms with Gasteiger partial charge in [-0.15, -0.1) is 0 Å². The fraction of sp³-hybridized carbons (Fsp3) is 0.750. The molecule has 1 aromatic heterocycles. The normalized spacial score (nSPS) is 17.8. The molecule has 0 atom stereocenters. The van der Waals surface area contributed by atoms with E-state index in [0.717, 1.165) is 43.5 Å². The molecule has 4 nitrogen and oxygen atoms in total. The van der Waals surface area contributed by atoms with Crippen molar-refractivity contribution in [3.05, 3.63) is 11.6 Å². The maximum Gasteiger partial charge on any atom is 0.150 e. The molecule has 1 aliphatic rings. The van der Waals surface area contributed by atoms with Gasteiger partial charge < -0.3 is 5.32 Å². The second-order valence-electron chi connectivity index (χ2n) is 3.28. The number of rotatable bonds is 3. The molecule has 1 aliphatic heterocycles. The third kappa shape index (κ3) is 1.48. The van der Waals surface area contributed by atoms with E-state index in [1.807, 2.05) is 0 Å². The summed E-state index contributed by atoms with van der Waals surface area (Å²) in [5, 5.41) is 10.3. The van der Waals surface area contributed by atoms with Crippen LogP contribution in [0.25, 0.3) is 0 Å². The lowest BCUT2D eigenvalue weighted by molar-refractivity contribution is 0.341. The summed E-state index contributed by atoms with van der Waals surface area (Å²) < 4.78 is 0. The van der Waals surface area contributed by atoms with Crippen LogP contribution in [0.3, 0.4) is 0 Å². The smallest absolute Gasteiger partial charge is 0.150 e. The number of aryl methyl sites for hydroxylation is 1. The average Bonchev–Trinajstić information content (AvgIpc) is 2.44. The minimum absolute atomic E-state index is 0.766. The number of nitrogens with zero attached hydrogens (tertiary/aromatic N) is 2. The Kier molecular flexibility index (Phi) is 2.08. The van der Waals surface area contributed by atoms with E-state index >= 15 is 0 Å². The lowest BCUT2D eigenvalue weighted by atomic mass is 9.99. The SMILES string of the molecule is CCc1n[nH]c(CC2CNC2)n1. The quantitative estimate of drug-likeness (QED) is 0.671. The van der Waals surface area contributed by atoms with E-state index < -0.39 is 0 Å².